The lowest BCUT2D eigenvalue weighted by Crippen LogP contribution is -2.24. The molecule has 0 radical (unpaired) electrons. The molecule has 1 aromatic carbocycles. The normalized spacial score (nSPS) is 15.2. The van der Waals surface area contributed by atoms with Crippen LogP contribution < -0.4 is 27.0 Å². The quantitative estimate of drug-likeness (QED) is 0.318. The van der Waals surface area contributed by atoms with Crippen molar-refractivity contribution in [2.45, 2.75) is 39.4 Å². The van der Waals surface area contributed by atoms with Crippen molar-refractivity contribution in [1.29, 1.82) is 0 Å². The maximum Gasteiger partial charge on any atom is 0.490 e. The van der Waals surface area contributed by atoms with Gasteiger partial charge in [-0.15, -0.1) is 0 Å². The molecule has 14 heteroatoms. The number of hydrogen-bond acceptors (Lipinski definition) is 9. The van der Waals surface area contributed by atoms with Gasteiger partial charge in [-0.1, -0.05) is 19.9 Å². The number of aryl methyl sites for hydroxylation is 1. The number of hydrogen-bond donors (Lipinski definition) is 6. The van der Waals surface area contributed by atoms with Crippen LogP contribution in [-0.2, 0) is 4.79 Å². The average Bonchev–Trinajstić information content (AvgIpc) is 3.26. The van der Waals surface area contributed by atoms with Crippen LogP contribution in [0.25, 0.3) is 0 Å². The fourth-order valence-electron chi connectivity index (χ4n) is 2.86. The number of halogens is 3. The summed E-state index contributed by atoms with van der Waals surface area (Å²) in [5.74, 6) is -1.36. The van der Waals surface area contributed by atoms with E-state index in [1.165, 1.54) is 0 Å². The molecule has 0 unspecified atom stereocenters. The summed E-state index contributed by atoms with van der Waals surface area (Å²) in [7, 11) is 0. The maximum absolute atomic E-state index is 11.5. The molecule has 35 heavy (non-hydrogen) atoms. The van der Waals surface area contributed by atoms with E-state index in [1.807, 2.05) is 13.0 Å². The smallest absolute Gasteiger partial charge is 0.475 e. The molecule has 3 rings (SSSR count). The highest BCUT2D eigenvalue weighted by Gasteiger charge is 2.38. The Morgan fingerprint density at radius 3 is 2.37 bits per heavy atom. The van der Waals surface area contributed by atoms with Crippen molar-refractivity contribution >= 4 is 35.4 Å². The SMILES string of the molecule is Cc1ccc(C(N)=O)cc1Nc1nc(NCC(C)C)nc(N[C@@H]2CCNC2)n1.O=C(O)C(F)(F)F. The molecule has 7 N–H and O–H groups in total. The van der Waals surface area contributed by atoms with E-state index in [9.17, 15) is 18.0 Å². The Labute approximate surface area is 200 Å². The monoisotopic (exact) mass is 498 g/mol. The molecule has 0 aliphatic carbocycles. The summed E-state index contributed by atoms with van der Waals surface area (Å²) in [5.41, 5.74) is 7.51. The summed E-state index contributed by atoms with van der Waals surface area (Å²) < 4.78 is 31.7. The second-order valence-corrected chi connectivity index (χ2v) is 8.24. The number of amides is 1. The van der Waals surface area contributed by atoms with E-state index in [0.29, 0.717) is 29.3 Å². The molecule has 0 bridgehead atoms. The lowest BCUT2D eigenvalue weighted by atomic mass is 10.1. The molecule has 1 aromatic heterocycles. The number of nitrogens with zero attached hydrogens (tertiary/aromatic N) is 3. The molecular formula is C21H29F3N8O3. The van der Waals surface area contributed by atoms with Crippen molar-refractivity contribution in [1.82, 2.24) is 20.3 Å². The number of anilines is 4. The van der Waals surface area contributed by atoms with Crippen LogP contribution in [0, 0.1) is 12.8 Å². The number of benzene rings is 1. The number of nitrogens with one attached hydrogen (secondary N) is 4. The molecule has 11 nitrogen and oxygen atoms in total. The summed E-state index contributed by atoms with van der Waals surface area (Å²) in [5, 5.41) is 20.2. The Hall–Kier alpha value is -3.68. The predicted octanol–water partition coefficient (Wildman–Crippen LogP) is 2.50. The number of nitrogens with two attached hydrogens (primary N) is 1. The molecule has 2 heterocycles. The fourth-order valence-corrected chi connectivity index (χ4v) is 2.86. The largest absolute Gasteiger partial charge is 0.490 e. The third kappa shape index (κ3) is 9.23. The molecule has 2 aromatic rings. The summed E-state index contributed by atoms with van der Waals surface area (Å²) in [4.78, 5) is 33.9. The Morgan fingerprint density at radius 1 is 1.20 bits per heavy atom. The minimum Gasteiger partial charge on any atom is -0.475 e. The third-order valence-corrected chi connectivity index (χ3v) is 4.71. The Kier molecular flexibility index (Phi) is 9.57. The molecule has 1 aliphatic heterocycles. The fraction of sp³-hybridized carbons (Fsp3) is 0.476. The van der Waals surface area contributed by atoms with Gasteiger partial charge < -0.3 is 32.1 Å². The first-order valence-corrected chi connectivity index (χ1v) is 10.8. The van der Waals surface area contributed by atoms with E-state index in [2.05, 4.69) is 50.1 Å². The predicted molar refractivity (Wildman–Crippen MR) is 125 cm³/mol. The standard InChI is InChI=1S/C19H28N8O.C2HF3O2/c1-11(2)9-22-17-25-18(23-14-6-7-21-10-14)27-19(26-17)24-15-8-13(16(20)28)5-4-12(15)3;3-2(4,5)1(6)7/h4-5,8,11,14,21H,6-7,9-10H2,1-3H3,(H2,20,28)(H3,22,23,24,25,26,27);(H,6,7)/t14-;/m1./s1. The molecular weight excluding hydrogens is 469 g/mol. The minimum atomic E-state index is -5.08. The minimum absolute atomic E-state index is 0.285. The van der Waals surface area contributed by atoms with Crippen LogP contribution in [0.5, 0.6) is 0 Å². The number of primary amides is 1. The van der Waals surface area contributed by atoms with Crippen molar-refractivity contribution < 1.29 is 27.9 Å². The highest BCUT2D eigenvalue weighted by molar-refractivity contribution is 5.94. The van der Waals surface area contributed by atoms with Crippen LogP contribution in [0.3, 0.4) is 0 Å². The summed E-state index contributed by atoms with van der Waals surface area (Å²) >= 11 is 0. The third-order valence-electron chi connectivity index (χ3n) is 4.71. The second kappa shape index (κ2) is 12.1. The Bertz CT molecular complexity index is 1030. The zero-order chi connectivity index (χ0) is 26.2. The van der Waals surface area contributed by atoms with Gasteiger partial charge in [0.2, 0.25) is 23.8 Å². The van der Waals surface area contributed by atoms with E-state index in [-0.39, 0.29) is 6.04 Å². The van der Waals surface area contributed by atoms with Crippen LogP contribution in [0.4, 0.5) is 36.7 Å². The van der Waals surface area contributed by atoms with Crippen molar-refractivity contribution in [3.8, 4) is 0 Å². The second-order valence-electron chi connectivity index (χ2n) is 8.24. The number of aliphatic carboxylic acids is 1. The van der Waals surface area contributed by atoms with Gasteiger partial charge in [0.25, 0.3) is 0 Å². The van der Waals surface area contributed by atoms with Crippen LogP contribution >= 0.6 is 0 Å². The van der Waals surface area contributed by atoms with E-state index >= 15 is 0 Å². The summed E-state index contributed by atoms with van der Waals surface area (Å²) in [6.07, 6.45) is -4.07. The van der Waals surface area contributed by atoms with Gasteiger partial charge in [-0.25, -0.2) is 4.79 Å². The van der Waals surface area contributed by atoms with Gasteiger partial charge in [0.05, 0.1) is 0 Å². The number of carboxylic acids is 1. The molecule has 192 valence electrons. The average molecular weight is 499 g/mol. The molecule has 1 aliphatic rings. The van der Waals surface area contributed by atoms with Gasteiger partial charge in [0.1, 0.15) is 0 Å². The maximum atomic E-state index is 11.5. The molecule has 1 saturated heterocycles. The number of rotatable bonds is 8. The number of aromatic nitrogens is 3. The molecule has 1 amide bonds. The van der Waals surface area contributed by atoms with Gasteiger partial charge in [-0.05, 0) is 43.5 Å². The van der Waals surface area contributed by atoms with Gasteiger partial charge in [0, 0.05) is 30.4 Å². The first-order valence-electron chi connectivity index (χ1n) is 10.8. The van der Waals surface area contributed by atoms with E-state index < -0.39 is 18.1 Å². The number of carboxylic acid groups (broad SMARTS) is 1. The zero-order valence-corrected chi connectivity index (χ0v) is 19.5. The molecule has 0 saturated carbocycles. The topological polar surface area (TPSA) is 167 Å². The van der Waals surface area contributed by atoms with Crippen molar-refractivity contribution in [3.63, 3.8) is 0 Å². The van der Waals surface area contributed by atoms with Crippen LogP contribution in [0.2, 0.25) is 0 Å². The molecule has 1 atom stereocenters. The summed E-state index contributed by atoms with van der Waals surface area (Å²) in [6, 6.07) is 5.53. The van der Waals surface area contributed by atoms with E-state index in [4.69, 9.17) is 15.6 Å². The summed E-state index contributed by atoms with van der Waals surface area (Å²) in [6.45, 7) is 8.79. The Morgan fingerprint density at radius 2 is 1.83 bits per heavy atom. The Balaban J connectivity index is 0.000000540. The van der Waals surface area contributed by atoms with E-state index in [1.54, 1.807) is 12.1 Å². The van der Waals surface area contributed by atoms with Gasteiger partial charge >= 0.3 is 12.1 Å². The zero-order valence-electron chi connectivity index (χ0n) is 19.5. The highest BCUT2D eigenvalue weighted by atomic mass is 19.4. The van der Waals surface area contributed by atoms with Crippen LogP contribution in [-0.4, -0.2) is 63.8 Å². The first kappa shape index (κ1) is 27.6. The van der Waals surface area contributed by atoms with Crippen LogP contribution in [0.1, 0.15) is 36.2 Å². The van der Waals surface area contributed by atoms with Crippen molar-refractivity contribution in [2.75, 3.05) is 35.6 Å². The van der Waals surface area contributed by atoms with Crippen molar-refractivity contribution in [3.05, 3.63) is 29.3 Å². The van der Waals surface area contributed by atoms with Crippen molar-refractivity contribution in [2.24, 2.45) is 11.7 Å². The molecule has 1 fully saturated rings. The first-order chi connectivity index (χ1) is 16.3. The van der Waals surface area contributed by atoms with Gasteiger partial charge in [-0.2, -0.15) is 28.1 Å². The highest BCUT2D eigenvalue weighted by Crippen LogP contribution is 2.22. The van der Waals surface area contributed by atoms with Gasteiger partial charge in [-0.3, -0.25) is 4.79 Å². The lowest BCUT2D eigenvalue weighted by Gasteiger charge is -2.15. The van der Waals surface area contributed by atoms with E-state index in [0.717, 1.165) is 37.3 Å². The van der Waals surface area contributed by atoms with Gasteiger partial charge in [0.15, 0.2) is 0 Å². The van der Waals surface area contributed by atoms with Crippen LogP contribution in [0.15, 0.2) is 18.2 Å². The molecule has 0 spiro atoms. The number of carbonyl (C=O) groups excluding carboxylic acids is 1. The lowest BCUT2D eigenvalue weighted by molar-refractivity contribution is -0.192. The number of carbonyl (C=O) groups is 2. The number of alkyl halides is 3.